The third kappa shape index (κ3) is 4.48. The minimum Gasteiger partial charge on any atom is -0.392 e. The Hall–Kier alpha value is -0.0400. The van der Waals surface area contributed by atoms with E-state index in [9.17, 15) is 5.11 Å². The van der Waals surface area contributed by atoms with E-state index in [4.69, 9.17) is 0 Å². The van der Waals surface area contributed by atoms with Crippen LogP contribution in [0.4, 0.5) is 0 Å². The fourth-order valence-electron chi connectivity index (χ4n) is 2.77. The molecule has 0 saturated heterocycles. The third-order valence-corrected chi connectivity index (χ3v) is 4.59. The summed E-state index contributed by atoms with van der Waals surface area (Å²) in [6, 6.07) is 0.584. The van der Waals surface area contributed by atoms with Gasteiger partial charge in [0.1, 0.15) is 0 Å². The second-order valence-corrected chi connectivity index (χ2v) is 6.31. The fraction of sp³-hybridized carbons (Fsp3) is 0.929. The molecule has 0 aliphatic heterocycles. The van der Waals surface area contributed by atoms with Crippen LogP contribution in [0.25, 0.3) is 0 Å². The molecule has 19 heavy (non-hydrogen) atoms. The van der Waals surface area contributed by atoms with Crippen molar-refractivity contribution in [3.8, 4) is 0 Å². The number of aliphatic hydroxyl groups is 1. The second kappa shape index (κ2) is 7.11. The number of hydrogen-bond acceptors (Lipinski definition) is 2. The van der Waals surface area contributed by atoms with Gasteiger partial charge in [0, 0.05) is 25.0 Å². The van der Waals surface area contributed by atoms with E-state index in [0.29, 0.717) is 6.04 Å². The van der Waals surface area contributed by atoms with Crippen LogP contribution >= 0.6 is 24.0 Å². The minimum absolute atomic E-state index is 0. The Morgan fingerprint density at radius 1 is 1.42 bits per heavy atom. The van der Waals surface area contributed by atoms with E-state index < -0.39 is 0 Å². The average Bonchev–Trinajstić information content (AvgIpc) is 3.04. The molecule has 2 saturated carbocycles. The molecule has 0 radical (unpaired) electrons. The zero-order valence-corrected chi connectivity index (χ0v) is 14.6. The van der Waals surface area contributed by atoms with Gasteiger partial charge in [0.25, 0.3) is 0 Å². The average molecular weight is 381 g/mol. The van der Waals surface area contributed by atoms with Crippen molar-refractivity contribution in [3.63, 3.8) is 0 Å². The van der Waals surface area contributed by atoms with E-state index in [0.717, 1.165) is 37.7 Å². The quantitative estimate of drug-likeness (QED) is 0.399. The number of nitrogens with zero attached hydrogens (tertiary/aromatic N) is 1. The Balaban J connectivity index is 0.00000180. The number of aliphatic imine (C=N–C) groups is 1. The summed E-state index contributed by atoms with van der Waals surface area (Å²) in [7, 11) is 1.81. The molecule has 0 aromatic heterocycles. The molecule has 4 unspecified atom stereocenters. The first kappa shape index (κ1) is 17.0. The number of halogens is 1. The van der Waals surface area contributed by atoms with Crippen LogP contribution in [-0.2, 0) is 0 Å². The molecule has 5 heteroatoms. The number of nitrogens with one attached hydrogen (secondary N) is 2. The lowest BCUT2D eigenvalue weighted by Crippen LogP contribution is -2.48. The predicted molar refractivity (Wildman–Crippen MR) is 90.1 cm³/mol. The Morgan fingerprint density at radius 2 is 2.11 bits per heavy atom. The minimum atomic E-state index is -0.184. The molecule has 4 nitrogen and oxygen atoms in total. The molecule has 0 bridgehead atoms. The van der Waals surface area contributed by atoms with Gasteiger partial charge < -0.3 is 15.7 Å². The lowest BCUT2D eigenvalue weighted by Gasteiger charge is -2.38. The molecule has 0 aromatic rings. The van der Waals surface area contributed by atoms with Gasteiger partial charge in [-0.1, -0.05) is 26.7 Å². The van der Waals surface area contributed by atoms with Gasteiger partial charge in [-0.2, -0.15) is 0 Å². The van der Waals surface area contributed by atoms with Crippen LogP contribution in [0, 0.1) is 11.3 Å². The highest BCUT2D eigenvalue weighted by molar-refractivity contribution is 14.0. The van der Waals surface area contributed by atoms with Crippen LogP contribution in [0.1, 0.15) is 46.0 Å². The number of guanidine groups is 1. The lowest BCUT2D eigenvalue weighted by molar-refractivity contribution is 0.00397. The Bertz CT molecular complexity index is 324. The maximum absolute atomic E-state index is 10.1. The molecule has 0 aromatic carbocycles. The number of aliphatic hydroxyl groups excluding tert-OH is 1. The SMILES string of the molecule is CN=C(NCC1(C)CCCCC1O)NC1CC1C.I. The van der Waals surface area contributed by atoms with Crippen molar-refractivity contribution >= 4 is 29.9 Å². The molecule has 2 fully saturated rings. The molecule has 4 atom stereocenters. The van der Waals surface area contributed by atoms with Crippen LogP contribution in [0.2, 0.25) is 0 Å². The standard InChI is InChI=1S/C14H27N3O.HI/c1-10-8-11(10)17-13(15-3)16-9-14(2)7-5-4-6-12(14)18;/h10-12,18H,4-9H2,1-3H3,(H2,15,16,17);1H. The molecule has 2 aliphatic rings. The third-order valence-electron chi connectivity index (χ3n) is 4.59. The zero-order valence-electron chi connectivity index (χ0n) is 12.3. The van der Waals surface area contributed by atoms with Crippen LogP contribution < -0.4 is 10.6 Å². The van der Waals surface area contributed by atoms with Crippen molar-refractivity contribution in [2.45, 2.75) is 58.1 Å². The molecule has 2 aliphatic carbocycles. The van der Waals surface area contributed by atoms with Crippen molar-refractivity contribution in [1.29, 1.82) is 0 Å². The molecular formula is C14H28IN3O. The second-order valence-electron chi connectivity index (χ2n) is 6.31. The largest absolute Gasteiger partial charge is 0.392 e. The van der Waals surface area contributed by atoms with Crippen molar-refractivity contribution in [3.05, 3.63) is 0 Å². The normalized spacial score (nSPS) is 38.3. The van der Waals surface area contributed by atoms with Crippen LogP contribution in [0.5, 0.6) is 0 Å². The Kier molecular flexibility index (Phi) is 6.36. The lowest BCUT2D eigenvalue weighted by atomic mass is 9.73. The van der Waals surface area contributed by atoms with Gasteiger partial charge >= 0.3 is 0 Å². The Labute approximate surface area is 133 Å². The van der Waals surface area contributed by atoms with Crippen LogP contribution in [0.15, 0.2) is 4.99 Å². The van der Waals surface area contributed by atoms with E-state index in [1.54, 1.807) is 0 Å². The van der Waals surface area contributed by atoms with Crippen molar-refractivity contribution in [2.75, 3.05) is 13.6 Å². The number of hydrogen-bond donors (Lipinski definition) is 3. The van der Waals surface area contributed by atoms with Gasteiger partial charge in [-0.3, -0.25) is 4.99 Å². The highest BCUT2D eigenvalue weighted by atomic mass is 127. The first-order valence-corrected chi connectivity index (χ1v) is 7.20. The van der Waals surface area contributed by atoms with Crippen LogP contribution in [-0.4, -0.2) is 36.8 Å². The number of rotatable bonds is 3. The first-order valence-electron chi connectivity index (χ1n) is 7.20. The van der Waals surface area contributed by atoms with E-state index in [1.165, 1.54) is 12.8 Å². The zero-order chi connectivity index (χ0) is 13.2. The summed E-state index contributed by atoms with van der Waals surface area (Å²) >= 11 is 0. The molecule has 0 amide bonds. The van der Waals surface area contributed by atoms with E-state index in [2.05, 4.69) is 29.5 Å². The molecule has 3 N–H and O–H groups in total. The first-order chi connectivity index (χ1) is 8.55. The van der Waals surface area contributed by atoms with Crippen molar-refractivity contribution in [2.24, 2.45) is 16.3 Å². The molecule has 112 valence electrons. The summed E-state index contributed by atoms with van der Waals surface area (Å²) in [4.78, 5) is 4.26. The van der Waals surface area contributed by atoms with Gasteiger partial charge in [-0.05, 0) is 25.2 Å². The highest BCUT2D eigenvalue weighted by Gasteiger charge is 2.36. The Morgan fingerprint density at radius 3 is 2.63 bits per heavy atom. The summed E-state index contributed by atoms with van der Waals surface area (Å²) in [6.07, 6.45) is 5.46. The maximum Gasteiger partial charge on any atom is 0.191 e. The van der Waals surface area contributed by atoms with Gasteiger partial charge in [0.15, 0.2) is 5.96 Å². The summed E-state index contributed by atoms with van der Waals surface area (Å²) in [6.45, 7) is 5.23. The molecule has 0 spiro atoms. The molecular weight excluding hydrogens is 353 g/mol. The van der Waals surface area contributed by atoms with Gasteiger partial charge in [0.2, 0.25) is 0 Å². The summed E-state index contributed by atoms with van der Waals surface area (Å²) in [5.41, 5.74) is -0.00889. The highest BCUT2D eigenvalue weighted by Crippen LogP contribution is 2.35. The maximum atomic E-state index is 10.1. The van der Waals surface area contributed by atoms with Crippen LogP contribution in [0.3, 0.4) is 0 Å². The van der Waals surface area contributed by atoms with E-state index >= 15 is 0 Å². The summed E-state index contributed by atoms with van der Waals surface area (Å²) in [5.74, 6) is 1.64. The predicted octanol–water partition coefficient (Wildman–Crippen LogP) is 2.12. The van der Waals surface area contributed by atoms with Crippen molar-refractivity contribution < 1.29 is 5.11 Å². The molecule has 2 rings (SSSR count). The van der Waals surface area contributed by atoms with Gasteiger partial charge in [-0.15, -0.1) is 24.0 Å². The fourth-order valence-corrected chi connectivity index (χ4v) is 2.77. The topological polar surface area (TPSA) is 56.7 Å². The smallest absolute Gasteiger partial charge is 0.191 e. The summed E-state index contributed by atoms with van der Waals surface area (Å²) in [5, 5.41) is 16.9. The van der Waals surface area contributed by atoms with Gasteiger partial charge in [0.05, 0.1) is 6.10 Å². The van der Waals surface area contributed by atoms with E-state index in [1.807, 2.05) is 7.05 Å². The van der Waals surface area contributed by atoms with Crippen molar-refractivity contribution in [1.82, 2.24) is 10.6 Å². The van der Waals surface area contributed by atoms with Gasteiger partial charge in [-0.25, -0.2) is 0 Å². The van der Waals surface area contributed by atoms with E-state index in [-0.39, 0.29) is 35.5 Å². The monoisotopic (exact) mass is 381 g/mol. The molecule has 0 heterocycles. The summed E-state index contributed by atoms with van der Waals surface area (Å²) < 4.78 is 0.